The number of nitriles is 1. The third-order valence-electron chi connectivity index (χ3n) is 9.80. The maximum atomic E-state index is 9.44. The van der Waals surface area contributed by atoms with Crippen LogP contribution in [0, 0.1) is 11.3 Å². The third-order valence-corrected chi connectivity index (χ3v) is 10.9. The van der Waals surface area contributed by atoms with Gasteiger partial charge in [-0.1, -0.05) is 91.0 Å². The van der Waals surface area contributed by atoms with Crippen molar-refractivity contribution in [3.63, 3.8) is 0 Å². The van der Waals surface area contributed by atoms with Crippen molar-refractivity contribution in [2.45, 2.75) is 0 Å². The number of nitrogens with zero attached hydrogens (tertiary/aromatic N) is 2. The fourth-order valence-electron chi connectivity index (χ4n) is 7.40. The van der Waals surface area contributed by atoms with Gasteiger partial charge in [-0.3, -0.25) is 0 Å². The molecule has 226 valence electrons. The lowest BCUT2D eigenvalue weighted by atomic mass is 9.89. The van der Waals surface area contributed by atoms with Crippen molar-refractivity contribution < 1.29 is 0 Å². The van der Waals surface area contributed by atoms with E-state index < -0.39 is 0 Å². The molecule has 10 rings (SSSR count). The highest BCUT2D eigenvalue weighted by atomic mass is 32.1. The van der Waals surface area contributed by atoms with E-state index in [1.807, 2.05) is 18.2 Å². The fourth-order valence-corrected chi connectivity index (χ4v) is 8.47. The van der Waals surface area contributed by atoms with Gasteiger partial charge in [0.1, 0.15) is 0 Å². The van der Waals surface area contributed by atoms with Crippen LogP contribution < -0.4 is 0 Å². The van der Waals surface area contributed by atoms with Crippen molar-refractivity contribution in [1.29, 1.82) is 5.26 Å². The number of fused-ring (bicyclic) bond motifs is 3. The number of rotatable bonds is 4. The highest BCUT2D eigenvalue weighted by molar-refractivity contribution is 7.25. The van der Waals surface area contributed by atoms with E-state index in [1.54, 1.807) is 11.3 Å². The lowest BCUT2D eigenvalue weighted by Crippen LogP contribution is -1.90. The molecule has 49 heavy (non-hydrogen) atoms. The van der Waals surface area contributed by atoms with Crippen molar-refractivity contribution in [3.8, 4) is 50.8 Å². The van der Waals surface area contributed by atoms with Gasteiger partial charge in [0, 0.05) is 31.3 Å². The number of thiophene rings is 1. The molecule has 0 amide bonds. The average Bonchev–Trinajstić information content (AvgIpc) is 3.54. The van der Waals surface area contributed by atoms with Crippen LogP contribution in [-0.2, 0) is 0 Å². The van der Waals surface area contributed by atoms with Crippen LogP contribution in [-0.4, -0.2) is 4.98 Å². The fraction of sp³-hybridized carbons (Fsp3) is 0. The second-order valence-corrected chi connectivity index (χ2v) is 13.8. The lowest BCUT2D eigenvalue weighted by Gasteiger charge is -2.15. The Balaban J connectivity index is 1.01. The van der Waals surface area contributed by atoms with Crippen LogP contribution in [0.5, 0.6) is 0 Å². The van der Waals surface area contributed by atoms with Gasteiger partial charge in [0.15, 0.2) is 0 Å². The molecule has 0 radical (unpaired) electrons. The molecule has 0 aliphatic carbocycles. The number of hydrogen-bond acceptors (Lipinski definition) is 3. The molecule has 0 aliphatic rings. The second-order valence-electron chi connectivity index (χ2n) is 12.7. The molecule has 10 aromatic rings. The molecule has 2 heterocycles. The second kappa shape index (κ2) is 10.9. The molecule has 2 nitrogen and oxygen atoms in total. The van der Waals surface area contributed by atoms with Crippen LogP contribution in [0.2, 0.25) is 0 Å². The van der Waals surface area contributed by atoms with Crippen LogP contribution in [0.4, 0.5) is 0 Å². The molecule has 0 bridgehead atoms. The summed E-state index contributed by atoms with van der Waals surface area (Å²) in [6.07, 6.45) is 0. The monoisotopic (exact) mass is 638 g/mol. The molecule has 0 fully saturated rings. The normalized spacial score (nSPS) is 11.7. The van der Waals surface area contributed by atoms with Gasteiger partial charge in [0.25, 0.3) is 0 Å². The zero-order chi connectivity index (χ0) is 32.5. The van der Waals surface area contributed by atoms with Gasteiger partial charge in [0.2, 0.25) is 0 Å². The standard InChI is InChI=1S/C46H26N2S/c47-27-28-9-19-43-39(21-28)40-26-32(18-20-44(40)49-43)29-10-12-30(13-11-29)37-22-33-14-16-35-24-38(25-36-17-15-34(23-37)45(33)46(35)36)42-8-4-7-41(48-42)31-5-2-1-3-6-31/h1-26H. The van der Waals surface area contributed by atoms with Crippen molar-refractivity contribution in [3.05, 3.63) is 163 Å². The highest BCUT2D eigenvalue weighted by Gasteiger charge is 2.14. The Kier molecular flexibility index (Phi) is 6.15. The number of benzene rings is 8. The van der Waals surface area contributed by atoms with Crippen LogP contribution in [0.25, 0.3) is 97.3 Å². The summed E-state index contributed by atoms with van der Waals surface area (Å²) in [5.74, 6) is 0. The molecule has 0 N–H and O–H groups in total. The Morgan fingerprint density at radius 2 is 0.939 bits per heavy atom. The van der Waals surface area contributed by atoms with Crippen LogP contribution in [0.15, 0.2) is 158 Å². The van der Waals surface area contributed by atoms with E-state index in [0.717, 1.165) is 27.9 Å². The van der Waals surface area contributed by atoms with E-state index in [4.69, 9.17) is 4.98 Å². The summed E-state index contributed by atoms with van der Waals surface area (Å²) in [5, 5.41) is 19.4. The summed E-state index contributed by atoms with van der Waals surface area (Å²) >= 11 is 1.77. The van der Waals surface area contributed by atoms with Crippen molar-refractivity contribution in [1.82, 2.24) is 4.98 Å². The Hall–Kier alpha value is -6.34. The summed E-state index contributed by atoms with van der Waals surface area (Å²) in [4.78, 5) is 5.04. The van der Waals surface area contributed by atoms with Gasteiger partial charge in [0.05, 0.1) is 23.0 Å². The molecule has 0 saturated carbocycles. The van der Waals surface area contributed by atoms with Gasteiger partial charge in [-0.25, -0.2) is 4.98 Å². The quantitative estimate of drug-likeness (QED) is 0.180. The first-order chi connectivity index (χ1) is 24.2. The first kappa shape index (κ1) is 27.7. The SMILES string of the molecule is N#Cc1ccc2sc3ccc(-c4ccc(-c5cc6ccc7cc(-c8cccc(-c9ccccc9)n8)cc8ccc(c5)c6c78)cc4)cc3c2c1. The van der Waals surface area contributed by atoms with Gasteiger partial charge < -0.3 is 0 Å². The number of pyridine rings is 1. The van der Waals surface area contributed by atoms with Crippen LogP contribution in [0.1, 0.15) is 5.56 Å². The van der Waals surface area contributed by atoms with Gasteiger partial charge in [-0.05, 0) is 121 Å². The Morgan fingerprint density at radius 1 is 0.408 bits per heavy atom. The molecule has 0 atom stereocenters. The Bertz CT molecular complexity index is 2860. The van der Waals surface area contributed by atoms with E-state index in [9.17, 15) is 5.26 Å². The molecule has 2 aromatic heterocycles. The topological polar surface area (TPSA) is 36.7 Å². The van der Waals surface area contributed by atoms with Crippen molar-refractivity contribution in [2.75, 3.05) is 0 Å². The smallest absolute Gasteiger partial charge is 0.0991 e. The van der Waals surface area contributed by atoms with E-state index in [2.05, 4.69) is 146 Å². The van der Waals surface area contributed by atoms with Gasteiger partial charge >= 0.3 is 0 Å². The molecule has 8 aromatic carbocycles. The first-order valence-corrected chi connectivity index (χ1v) is 17.2. The minimum Gasteiger partial charge on any atom is -0.248 e. The summed E-state index contributed by atoms with van der Waals surface area (Å²) in [5.41, 5.74) is 9.67. The molecule has 0 aliphatic heterocycles. The zero-order valence-corrected chi connectivity index (χ0v) is 27.1. The minimum atomic E-state index is 0.697. The van der Waals surface area contributed by atoms with E-state index in [1.165, 1.54) is 69.4 Å². The van der Waals surface area contributed by atoms with Crippen molar-refractivity contribution >= 4 is 63.8 Å². The van der Waals surface area contributed by atoms with E-state index in [0.29, 0.717) is 5.56 Å². The number of aromatic nitrogens is 1. The summed E-state index contributed by atoms with van der Waals surface area (Å²) in [7, 11) is 0. The average molecular weight is 639 g/mol. The molecule has 0 saturated heterocycles. The summed E-state index contributed by atoms with van der Waals surface area (Å²) < 4.78 is 2.45. The molecule has 0 spiro atoms. The summed E-state index contributed by atoms with van der Waals surface area (Å²) in [6.45, 7) is 0. The predicted molar refractivity (Wildman–Crippen MR) is 207 cm³/mol. The number of hydrogen-bond donors (Lipinski definition) is 0. The molecular formula is C46H26N2S. The third kappa shape index (κ3) is 4.58. The largest absolute Gasteiger partial charge is 0.248 e. The molecular weight excluding hydrogens is 613 g/mol. The summed E-state index contributed by atoms with van der Waals surface area (Å²) in [6, 6.07) is 58.7. The van der Waals surface area contributed by atoms with E-state index in [-0.39, 0.29) is 0 Å². The first-order valence-electron chi connectivity index (χ1n) is 16.4. The van der Waals surface area contributed by atoms with Crippen molar-refractivity contribution in [2.24, 2.45) is 0 Å². The maximum Gasteiger partial charge on any atom is 0.0991 e. The van der Waals surface area contributed by atoms with Gasteiger partial charge in [-0.2, -0.15) is 5.26 Å². The Labute approximate surface area is 287 Å². The molecule has 0 unspecified atom stereocenters. The lowest BCUT2D eigenvalue weighted by molar-refractivity contribution is 1.33. The predicted octanol–water partition coefficient (Wildman–Crippen LogP) is 12.9. The van der Waals surface area contributed by atoms with Crippen LogP contribution >= 0.6 is 11.3 Å². The van der Waals surface area contributed by atoms with E-state index >= 15 is 0 Å². The highest BCUT2D eigenvalue weighted by Crippen LogP contribution is 2.41. The van der Waals surface area contributed by atoms with Crippen LogP contribution in [0.3, 0.4) is 0 Å². The Morgan fingerprint density at radius 3 is 1.57 bits per heavy atom. The zero-order valence-electron chi connectivity index (χ0n) is 26.3. The maximum absolute atomic E-state index is 9.44. The molecule has 3 heteroatoms. The van der Waals surface area contributed by atoms with Gasteiger partial charge in [-0.15, -0.1) is 11.3 Å². The minimum absolute atomic E-state index is 0.697.